The topological polar surface area (TPSA) is 29.5 Å². The van der Waals surface area contributed by atoms with E-state index in [4.69, 9.17) is 16.3 Å². The van der Waals surface area contributed by atoms with Crippen LogP contribution >= 0.6 is 11.6 Å². The summed E-state index contributed by atoms with van der Waals surface area (Å²) in [5, 5.41) is 10.1. The van der Waals surface area contributed by atoms with Crippen molar-refractivity contribution in [2.24, 2.45) is 5.92 Å². The molecule has 0 saturated heterocycles. The van der Waals surface area contributed by atoms with Gasteiger partial charge in [-0.25, -0.2) is 0 Å². The number of benzene rings is 1. The molecule has 0 fully saturated rings. The summed E-state index contributed by atoms with van der Waals surface area (Å²) in [5.41, 5.74) is 1.16. The van der Waals surface area contributed by atoms with Gasteiger partial charge in [0.1, 0.15) is 0 Å². The molecule has 0 aliphatic heterocycles. The van der Waals surface area contributed by atoms with E-state index in [1.54, 1.807) is 7.11 Å². The van der Waals surface area contributed by atoms with Gasteiger partial charge in [-0.15, -0.1) is 0 Å². The van der Waals surface area contributed by atoms with Crippen molar-refractivity contribution in [1.82, 2.24) is 0 Å². The number of halogens is 1. The van der Waals surface area contributed by atoms with Crippen molar-refractivity contribution in [3.63, 3.8) is 0 Å². The third-order valence-corrected chi connectivity index (χ3v) is 2.97. The molecule has 0 amide bonds. The predicted octanol–water partition coefficient (Wildman–Crippen LogP) is 2.92. The van der Waals surface area contributed by atoms with Crippen molar-refractivity contribution in [1.29, 1.82) is 0 Å². The molecule has 2 unspecified atom stereocenters. The minimum Gasteiger partial charge on any atom is -0.396 e. The zero-order chi connectivity index (χ0) is 12.0. The second-order valence-electron chi connectivity index (χ2n) is 4.16. The van der Waals surface area contributed by atoms with Gasteiger partial charge < -0.3 is 9.84 Å². The summed E-state index contributed by atoms with van der Waals surface area (Å²) in [6, 6.07) is 7.77. The molecule has 2 nitrogen and oxygen atoms in total. The molecule has 3 heteroatoms. The highest BCUT2D eigenvalue weighted by molar-refractivity contribution is 6.30. The number of methoxy groups -OCH3 is 1. The van der Waals surface area contributed by atoms with E-state index in [2.05, 4.69) is 0 Å². The third kappa shape index (κ3) is 4.52. The SMILES string of the molecule is COC(C)CC(CO)Cc1cccc(Cl)c1. The maximum absolute atomic E-state index is 9.31. The van der Waals surface area contributed by atoms with Crippen LogP contribution in [0.15, 0.2) is 24.3 Å². The zero-order valence-corrected chi connectivity index (χ0v) is 10.6. The van der Waals surface area contributed by atoms with Gasteiger partial charge in [-0.3, -0.25) is 0 Å². The first kappa shape index (κ1) is 13.5. The smallest absolute Gasteiger partial charge is 0.0546 e. The number of hydrogen-bond donors (Lipinski definition) is 1. The van der Waals surface area contributed by atoms with E-state index in [0.717, 1.165) is 23.4 Å². The van der Waals surface area contributed by atoms with Gasteiger partial charge in [-0.05, 0) is 43.4 Å². The summed E-state index contributed by atoms with van der Waals surface area (Å²) in [7, 11) is 1.69. The summed E-state index contributed by atoms with van der Waals surface area (Å²) in [5.74, 6) is 0.230. The average molecular weight is 243 g/mol. The normalized spacial score (nSPS) is 14.8. The van der Waals surface area contributed by atoms with Gasteiger partial charge in [0.05, 0.1) is 6.10 Å². The van der Waals surface area contributed by atoms with Crippen molar-refractivity contribution < 1.29 is 9.84 Å². The van der Waals surface area contributed by atoms with E-state index in [9.17, 15) is 5.11 Å². The number of aliphatic hydroxyl groups excluding tert-OH is 1. The second-order valence-corrected chi connectivity index (χ2v) is 4.60. The molecular weight excluding hydrogens is 224 g/mol. The molecule has 2 atom stereocenters. The van der Waals surface area contributed by atoms with Crippen LogP contribution in [0.5, 0.6) is 0 Å². The lowest BCUT2D eigenvalue weighted by molar-refractivity contribution is 0.0806. The minimum absolute atomic E-state index is 0.177. The Morgan fingerprint density at radius 2 is 2.19 bits per heavy atom. The lowest BCUT2D eigenvalue weighted by Crippen LogP contribution is -2.17. The molecule has 0 bridgehead atoms. The Bertz CT molecular complexity index is 315. The van der Waals surface area contributed by atoms with Gasteiger partial charge in [0.25, 0.3) is 0 Å². The van der Waals surface area contributed by atoms with Crippen LogP contribution in [0.1, 0.15) is 18.9 Å². The summed E-state index contributed by atoms with van der Waals surface area (Å²) >= 11 is 5.92. The van der Waals surface area contributed by atoms with E-state index >= 15 is 0 Å². The fourth-order valence-electron chi connectivity index (χ4n) is 1.79. The highest BCUT2D eigenvalue weighted by Gasteiger charge is 2.12. The Labute approximate surface area is 102 Å². The molecule has 0 aliphatic rings. The number of aliphatic hydroxyl groups is 1. The van der Waals surface area contributed by atoms with Crippen molar-refractivity contribution in [3.8, 4) is 0 Å². The Morgan fingerprint density at radius 3 is 2.75 bits per heavy atom. The molecule has 0 radical (unpaired) electrons. The van der Waals surface area contributed by atoms with Gasteiger partial charge in [0.15, 0.2) is 0 Å². The van der Waals surface area contributed by atoms with Crippen LogP contribution in [-0.4, -0.2) is 24.9 Å². The van der Waals surface area contributed by atoms with Gasteiger partial charge in [0, 0.05) is 18.7 Å². The molecule has 1 aromatic rings. The van der Waals surface area contributed by atoms with Crippen LogP contribution in [0.3, 0.4) is 0 Å². The minimum atomic E-state index is 0.177. The number of ether oxygens (including phenoxy) is 1. The van der Waals surface area contributed by atoms with E-state index in [0.29, 0.717) is 0 Å². The van der Waals surface area contributed by atoms with Crippen LogP contribution in [0.4, 0.5) is 0 Å². The first-order chi connectivity index (χ1) is 7.65. The first-order valence-corrected chi connectivity index (χ1v) is 5.91. The summed E-state index contributed by atoms with van der Waals surface area (Å²) in [4.78, 5) is 0. The van der Waals surface area contributed by atoms with E-state index < -0.39 is 0 Å². The molecule has 0 aliphatic carbocycles. The fraction of sp³-hybridized carbons (Fsp3) is 0.538. The summed E-state index contributed by atoms with van der Waals surface area (Å²) in [6.07, 6.45) is 1.88. The van der Waals surface area contributed by atoms with Crippen molar-refractivity contribution >= 4 is 11.6 Å². The molecule has 1 N–H and O–H groups in total. The molecule has 0 aromatic heterocycles. The first-order valence-electron chi connectivity index (χ1n) is 5.53. The van der Waals surface area contributed by atoms with Crippen LogP contribution < -0.4 is 0 Å². The van der Waals surface area contributed by atoms with Gasteiger partial charge in [-0.1, -0.05) is 23.7 Å². The maximum Gasteiger partial charge on any atom is 0.0546 e. The standard InChI is InChI=1S/C13H19ClO2/c1-10(16-2)6-12(9-15)7-11-4-3-5-13(14)8-11/h3-5,8,10,12,15H,6-7,9H2,1-2H3. The van der Waals surface area contributed by atoms with Crippen LogP contribution in [0.25, 0.3) is 0 Å². The van der Waals surface area contributed by atoms with Gasteiger partial charge >= 0.3 is 0 Å². The molecule has 90 valence electrons. The summed E-state index contributed by atoms with van der Waals surface area (Å²) < 4.78 is 5.21. The monoisotopic (exact) mass is 242 g/mol. The molecule has 16 heavy (non-hydrogen) atoms. The van der Waals surface area contributed by atoms with Crippen LogP contribution in [-0.2, 0) is 11.2 Å². The van der Waals surface area contributed by atoms with E-state index in [1.807, 2.05) is 31.2 Å². The third-order valence-electron chi connectivity index (χ3n) is 2.74. The largest absolute Gasteiger partial charge is 0.396 e. The van der Waals surface area contributed by atoms with Gasteiger partial charge in [0.2, 0.25) is 0 Å². The van der Waals surface area contributed by atoms with E-state index in [1.165, 1.54) is 0 Å². The van der Waals surface area contributed by atoms with Crippen molar-refractivity contribution in [2.45, 2.75) is 25.9 Å². The molecule has 0 spiro atoms. The zero-order valence-electron chi connectivity index (χ0n) is 9.82. The molecule has 1 rings (SSSR count). The Kier molecular flexibility index (Phi) is 5.81. The Balaban J connectivity index is 2.56. The van der Waals surface area contributed by atoms with Crippen molar-refractivity contribution in [2.75, 3.05) is 13.7 Å². The molecule has 1 aromatic carbocycles. The van der Waals surface area contributed by atoms with Gasteiger partial charge in [-0.2, -0.15) is 0 Å². The lowest BCUT2D eigenvalue weighted by Gasteiger charge is -2.18. The van der Waals surface area contributed by atoms with E-state index in [-0.39, 0.29) is 18.6 Å². The highest BCUT2D eigenvalue weighted by atomic mass is 35.5. The van der Waals surface area contributed by atoms with Crippen LogP contribution in [0, 0.1) is 5.92 Å². The fourth-order valence-corrected chi connectivity index (χ4v) is 2.00. The predicted molar refractivity (Wildman–Crippen MR) is 66.8 cm³/mol. The maximum atomic E-state index is 9.31. The lowest BCUT2D eigenvalue weighted by atomic mass is 9.95. The molecule has 0 heterocycles. The molecular formula is C13H19ClO2. The Hall–Kier alpha value is -0.570. The number of rotatable bonds is 6. The average Bonchev–Trinajstić information content (AvgIpc) is 2.28. The quantitative estimate of drug-likeness (QED) is 0.831. The second kappa shape index (κ2) is 6.89. The Morgan fingerprint density at radius 1 is 1.44 bits per heavy atom. The highest BCUT2D eigenvalue weighted by Crippen LogP contribution is 2.18. The van der Waals surface area contributed by atoms with Crippen molar-refractivity contribution in [3.05, 3.63) is 34.9 Å². The number of hydrogen-bond acceptors (Lipinski definition) is 2. The van der Waals surface area contributed by atoms with Crippen LogP contribution in [0.2, 0.25) is 5.02 Å². The molecule has 0 saturated carbocycles. The summed E-state index contributed by atoms with van der Waals surface area (Å²) in [6.45, 7) is 2.20.